The molecule has 0 unspecified atom stereocenters. The average Bonchev–Trinajstić information content (AvgIpc) is 3.13. The molecule has 29 heavy (non-hydrogen) atoms. The second-order valence-corrected chi connectivity index (χ2v) is 7.29. The van der Waals surface area contributed by atoms with Crippen molar-refractivity contribution in [3.8, 4) is 5.75 Å². The minimum absolute atomic E-state index is 0.0950. The van der Waals surface area contributed by atoms with Crippen molar-refractivity contribution in [3.63, 3.8) is 0 Å². The number of amides is 2. The summed E-state index contributed by atoms with van der Waals surface area (Å²) in [6, 6.07) is 10.0. The molecule has 2 saturated heterocycles. The summed E-state index contributed by atoms with van der Waals surface area (Å²) in [7, 11) is 1.34. The molecule has 1 aromatic carbocycles. The van der Waals surface area contributed by atoms with Crippen LogP contribution in [0.5, 0.6) is 5.75 Å². The maximum absolute atomic E-state index is 13.0. The van der Waals surface area contributed by atoms with Crippen LogP contribution in [0.25, 0.3) is 0 Å². The fourth-order valence-electron chi connectivity index (χ4n) is 4.34. The third-order valence-corrected chi connectivity index (χ3v) is 5.55. The Morgan fingerprint density at radius 1 is 1.21 bits per heavy atom. The number of aromatic nitrogens is 1. The molecule has 0 radical (unpaired) electrons. The third kappa shape index (κ3) is 3.41. The number of piperazine rings is 1. The topological polar surface area (TPSA) is 100 Å². The lowest BCUT2D eigenvalue weighted by Gasteiger charge is -2.40. The molecule has 2 aromatic rings. The Bertz CT molecular complexity index is 948. The van der Waals surface area contributed by atoms with Crippen LogP contribution >= 0.6 is 0 Å². The number of methoxy groups -OCH3 is 1. The van der Waals surface area contributed by atoms with Crippen LogP contribution in [0.2, 0.25) is 0 Å². The molecule has 2 amide bonds. The molecule has 1 aromatic heterocycles. The SMILES string of the molecule is COC(=O)[C@H]1C[C@H]2CN(C(=O)c3cncc(O)c3)CC(=O)N2[C@H]1c1ccccc1. The zero-order valence-electron chi connectivity index (χ0n) is 15.9. The summed E-state index contributed by atoms with van der Waals surface area (Å²) in [6.07, 6.45) is 3.01. The van der Waals surface area contributed by atoms with Crippen molar-refractivity contribution < 1.29 is 24.2 Å². The molecule has 0 spiro atoms. The minimum Gasteiger partial charge on any atom is -0.506 e. The molecule has 150 valence electrons. The Balaban J connectivity index is 1.62. The fourth-order valence-corrected chi connectivity index (χ4v) is 4.34. The standard InChI is InChI=1S/C21H21N3O5/c1-29-21(28)17-8-15-11-23(20(27)14-7-16(25)10-22-9-14)12-18(26)24(15)19(17)13-5-3-2-4-6-13/h2-7,9-10,15,17,19,25H,8,11-12H2,1H3/t15-,17-,19-/m0/s1. The van der Waals surface area contributed by atoms with Crippen LogP contribution in [-0.2, 0) is 14.3 Å². The van der Waals surface area contributed by atoms with E-state index in [1.807, 2.05) is 30.3 Å². The number of hydrogen-bond acceptors (Lipinski definition) is 6. The van der Waals surface area contributed by atoms with Crippen LogP contribution in [-0.4, -0.2) is 63.9 Å². The van der Waals surface area contributed by atoms with Gasteiger partial charge in [-0.3, -0.25) is 19.4 Å². The maximum atomic E-state index is 13.0. The van der Waals surface area contributed by atoms with Crippen molar-refractivity contribution in [1.29, 1.82) is 0 Å². The number of carbonyl (C=O) groups excluding carboxylic acids is 3. The van der Waals surface area contributed by atoms with Gasteiger partial charge < -0.3 is 19.6 Å². The quantitative estimate of drug-likeness (QED) is 0.788. The number of aromatic hydroxyl groups is 1. The van der Waals surface area contributed by atoms with Crippen LogP contribution in [0.4, 0.5) is 0 Å². The number of fused-ring (bicyclic) bond motifs is 1. The van der Waals surface area contributed by atoms with Gasteiger partial charge in [-0.05, 0) is 18.1 Å². The largest absolute Gasteiger partial charge is 0.506 e. The summed E-state index contributed by atoms with van der Waals surface area (Å²) in [4.78, 5) is 45.3. The molecule has 8 heteroatoms. The Morgan fingerprint density at radius 3 is 2.66 bits per heavy atom. The Kier molecular flexibility index (Phi) is 4.92. The number of nitrogens with zero attached hydrogens (tertiary/aromatic N) is 3. The van der Waals surface area contributed by atoms with E-state index in [0.29, 0.717) is 13.0 Å². The van der Waals surface area contributed by atoms with Gasteiger partial charge in [-0.1, -0.05) is 30.3 Å². The van der Waals surface area contributed by atoms with Gasteiger partial charge in [0.1, 0.15) is 12.3 Å². The average molecular weight is 395 g/mol. The summed E-state index contributed by atoms with van der Waals surface area (Å²) < 4.78 is 4.99. The van der Waals surface area contributed by atoms with Crippen molar-refractivity contribution in [3.05, 3.63) is 59.9 Å². The van der Waals surface area contributed by atoms with Crippen LogP contribution in [0.15, 0.2) is 48.8 Å². The molecule has 1 N–H and O–H groups in total. The highest BCUT2D eigenvalue weighted by molar-refractivity contribution is 5.97. The smallest absolute Gasteiger partial charge is 0.311 e. The lowest BCUT2D eigenvalue weighted by molar-refractivity contribution is -0.147. The van der Waals surface area contributed by atoms with Crippen molar-refractivity contribution in [1.82, 2.24) is 14.8 Å². The molecule has 2 aliphatic rings. The third-order valence-electron chi connectivity index (χ3n) is 5.55. The van der Waals surface area contributed by atoms with E-state index in [4.69, 9.17) is 4.74 Å². The second-order valence-electron chi connectivity index (χ2n) is 7.29. The van der Waals surface area contributed by atoms with Crippen molar-refractivity contribution in [2.24, 2.45) is 5.92 Å². The van der Waals surface area contributed by atoms with E-state index in [1.165, 1.54) is 30.5 Å². The highest BCUT2D eigenvalue weighted by Crippen LogP contribution is 2.43. The van der Waals surface area contributed by atoms with Gasteiger partial charge in [-0.25, -0.2) is 0 Å². The van der Waals surface area contributed by atoms with E-state index in [-0.39, 0.29) is 41.7 Å². The molecule has 0 saturated carbocycles. The van der Waals surface area contributed by atoms with Gasteiger partial charge in [-0.2, -0.15) is 0 Å². The molecule has 8 nitrogen and oxygen atoms in total. The first kappa shape index (κ1) is 18.9. The first-order chi connectivity index (χ1) is 14.0. The van der Waals surface area contributed by atoms with Crippen LogP contribution in [0.1, 0.15) is 28.4 Å². The minimum atomic E-state index is -0.492. The summed E-state index contributed by atoms with van der Waals surface area (Å²) in [5.74, 6) is -1.57. The number of carbonyl (C=O) groups is 3. The molecule has 3 atom stereocenters. The highest BCUT2D eigenvalue weighted by Gasteiger charge is 2.51. The first-order valence-electron chi connectivity index (χ1n) is 9.37. The molecule has 0 bridgehead atoms. The summed E-state index contributed by atoms with van der Waals surface area (Å²) in [5.41, 5.74) is 1.09. The summed E-state index contributed by atoms with van der Waals surface area (Å²) in [5, 5.41) is 9.59. The molecule has 2 aliphatic heterocycles. The second kappa shape index (κ2) is 7.54. The van der Waals surface area contributed by atoms with Gasteiger partial charge in [0, 0.05) is 12.7 Å². The first-order valence-corrected chi connectivity index (χ1v) is 9.37. The zero-order valence-corrected chi connectivity index (χ0v) is 15.9. The number of pyridine rings is 1. The zero-order chi connectivity index (χ0) is 20.5. The number of rotatable bonds is 3. The van der Waals surface area contributed by atoms with Crippen molar-refractivity contribution >= 4 is 17.8 Å². The number of ether oxygens (including phenoxy) is 1. The lowest BCUT2D eigenvalue weighted by Crippen LogP contribution is -2.55. The molecule has 3 heterocycles. The summed E-state index contributed by atoms with van der Waals surface area (Å²) >= 11 is 0. The van der Waals surface area contributed by atoms with Gasteiger partial charge in [0.2, 0.25) is 5.91 Å². The van der Waals surface area contributed by atoms with E-state index >= 15 is 0 Å². The molecular weight excluding hydrogens is 374 g/mol. The molecule has 4 rings (SSSR count). The van der Waals surface area contributed by atoms with Gasteiger partial charge in [0.15, 0.2) is 0 Å². The molecule has 0 aliphatic carbocycles. The Morgan fingerprint density at radius 2 is 1.97 bits per heavy atom. The van der Waals surface area contributed by atoms with E-state index in [2.05, 4.69) is 4.98 Å². The normalized spacial score (nSPS) is 23.6. The number of benzene rings is 1. The summed E-state index contributed by atoms with van der Waals surface area (Å²) in [6.45, 7) is 0.208. The maximum Gasteiger partial charge on any atom is 0.311 e. The van der Waals surface area contributed by atoms with Crippen LogP contribution < -0.4 is 0 Å². The van der Waals surface area contributed by atoms with Gasteiger partial charge >= 0.3 is 5.97 Å². The van der Waals surface area contributed by atoms with E-state index in [0.717, 1.165) is 5.56 Å². The monoisotopic (exact) mass is 395 g/mol. The van der Waals surface area contributed by atoms with E-state index in [1.54, 1.807) is 4.90 Å². The predicted octanol–water partition coefficient (Wildman–Crippen LogP) is 1.37. The fraction of sp³-hybridized carbons (Fsp3) is 0.333. The predicted molar refractivity (Wildman–Crippen MR) is 102 cm³/mol. The van der Waals surface area contributed by atoms with Gasteiger partial charge in [0.05, 0.1) is 36.9 Å². The number of hydrogen-bond donors (Lipinski definition) is 1. The highest BCUT2D eigenvalue weighted by atomic mass is 16.5. The lowest BCUT2D eigenvalue weighted by atomic mass is 9.93. The van der Waals surface area contributed by atoms with E-state index in [9.17, 15) is 19.5 Å². The molecule has 2 fully saturated rings. The van der Waals surface area contributed by atoms with Crippen LogP contribution in [0, 0.1) is 5.92 Å². The van der Waals surface area contributed by atoms with Crippen molar-refractivity contribution in [2.75, 3.05) is 20.2 Å². The molecular formula is C21H21N3O5. The van der Waals surface area contributed by atoms with Crippen LogP contribution in [0.3, 0.4) is 0 Å². The van der Waals surface area contributed by atoms with Crippen molar-refractivity contribution in [2.45, 2.75) is 18.5 Å². The number of esters is 1. The van der Waals surface area contributed by atoms with Gasteiger partial charge in [0.25, 0.3) is 5.91 Å². The Hall–Kier alpha value is -3.42. The van der Waals surface area contributed by atoms with Gasteiger partial charge in [-0.15, -0.1) is 0 Å². The Labute approximate surface area is 167 Å². The van der Waals surface area contributed by atoms with E-state index < -0.39 is 12.0 Å².